The maximum atomic E-state index is 12.5. The van der Waals surface area contributed by atoms with Crippen molar-refractivity contribution in [2.45, 2.75) is 65.4 Å². The number of carbonyl (C=O) groups is 1. The number of benzene rings is 1. The molecule has 0 bridgehead atoms. The number of aromatic amines is 1. The molecular formula is C27H34N6O2. The van der Waals surface area contributed by atoms with Gasteiger partial charge in [0, 0.05) is 53.8 Å². The van der Waals surface area contributed by atoms with Crippen molar-refractivity contribution >= 4 is 22.9 Å². The van der Waals surface area contributed by atoms with Crippen molar-refractivity contribution in [2.24, 2.45) is 5.41 Å². The van der Waals surface area contributed by atoms with E-state index in [2.05, 4.69) is 34.2 Å². The van der Waals surface area contributed by atoms with Crippen LogP contribution in [0, 0.1) is 12.3 Å². The number of carbonyl (C=O) groups excluding carboxylic acids is 1. The van der Waals surface area contributed by atoms with E-state index < -0.39 is 5.60 Å². The summed E-state index contributed by atoms with van der Waals surface area (Å²) in [6, 6.07) is 4.28. The summed E-state index contributed by atoms with van der Waals surface area (Å²) in [5.41, 5.74) is 6.57. The van der Waals surface area contributed by atoms with Crippen molar-refractivity contribution in [3.05, 3.63) is 35.2 Å². The fraction of sp³-hybridized carbons (Fsp3) is 0.556. The number of H-pyrrole nitrogens is 1. The van der Waals surface area contributed by atoms with Crippen LogP contribution in [0.15, 0.2) is 18.3 Å². The standard InChI is InChI=1S/C27H34N6O2/c1-17-9-10-18-13-28-31-22(18)21(17)23-19-7-5-6-8-20(19)29-24(30-23)32-12-11-27(14-32)15-33(16-27)25(34)35-26(2,3)4/h9-10,13H,5-8,11-12,14-16H2,1-4H3,(H,28,31). The number of hydrogen-bond acceptors (Lipinski definition) is 6. The number of likely N-dealkylation sites (tertiary alicyclic amines) is 1. The highest BCUT2D eigenvalue weighted by atomic mass is 16.6. The van der Waals surface area contributed by atoms with Crippen LogP contribution in [0.5, 0.6) is 0 Å². The fourth-order valence-corrected chi connectivity index (χ4v) is 5.93. The van der Waals surface area contributed by atoms with E-state index in [1.807, 2.05) is 31.9 Å². The summed E-state index contributed by atoms with van der Waals surface area (Å²) >= 11 is 0. The Hall–Kier alpha value is -3.16. The molecule has 8 heteroatoms. The molecule has 3 aliphatic rings. The molecule has 0 radical (unpaired) electrons. The number of aryl methyl sites for hydroxylation is 2. The Morgan fingerprint density at radius 2 is 1.91 bits per heavy atom. The molecule has 8 nitrogen and oxygen atoms in total. The fourth-order valence-electron chi connectivity index (χ4n) is 5.93. The van der Waals surface area contributed by atoms with Crippen molar-refractivity contribution in [1.29, 1.82) is 0 Å². The minimum Gasteiger partial charge on any atom is -0.444 e. The van der Waals surface area contributed by atoms with Gasteiger partial charge in [0.25, 0.3) is 0 Å². The number of anilines is 1. The van der Waals surface area contributed by atoms with Crippen LogP contribution in [0.1, 0.15) is 56.9 Å². The lowest BCUT2D eigenvalue weighted by molar-refractivity contribution is -0.0266. The average Bonchev–Trinajstić information content (AvgIpc) is 3.44. The first-order chi connectivity index (χ1) is 16.7. The van der Waals surface area contributed by atoms with E-state index in [0.29, 0.717) is 0 Å². The molecule has 1 aromatic carbocycles. The van der Waals surface area contributed by atoms with Crippen molar-refractivity contribution < 1.29 is 9.53 Å². The normalized spacial score (nSPS) is 19.2. The predicted octanol–water partition coefficient (Wildman–Crippen LogP) is 4.65. The van der Waals surface area contributed by atoms with Gasteiger partial charge in [0.1, 0.15) is 5.60 Å². The molecule has 1 amide bonds. The zero-order chi connectivity index (χ0) is 24.4. The largest absolute Gasteiger partial charge is 0.444 e. The molecule has 0 unspecified atom stereocenters. The lowest BCUT2D eigenvalue weighted by Gasteiger charge is -2.47. The molecule has 1 aliphatic carbocycles. The van der Waals surface area contributed by atoms with E-state index in [1.54, 1.807) is 0 Å². The van der Waals surface area contributed by atoms with Crippen LogP contribution < -0.4 is 4.90 Å². The molecule has 2 saturated heterocycles. The Labute approximate surface area is 206 Å². The average molecular weight is 475 g/mol. The first-order valence-corrected chi connectivity index (χ1v) is 12.8. The molecule has 184 valence electrons. The minimum absolute atomic E-state index is 0.107. The number of nitrogens with one attached hydrogen (secondary N) is 1. The number of aromatic nitrogens is 4. The van der Waals surface area contributed by atoms with E-state index in [9.17, 15) is 4.79 Å². The van der Waals surface area contributed by atoms with Crippen LogP contribution in [0.25, 0.3) is 22.2 Å². The summed E-state index contributed by atoms with van der Waals surface area (Å²) in [7, 11) is 0. The van der Waals surface area contributed by atoms with Crippen molar-refractivity contribution in [3.8, 4) is 11.3 Å². The molecule has 2 aromatic heterocycles. The van der Waals surface area contributed by atoms with E-state index in [4.69, 9.17) is 14.7 Å². The quantitative estimate of drug-likeness (QED) is 0.582. The van der Waals surface area contributed by atoms with Crippen molar-refractivity contribution in [3.63, 3.8) is 0 Å². The van der Waals surface area contributed by atoms with Gasteiger partial charge in [-0.25, -0.2) is 14.8 Å². The van der Waals surface area contributed by atoms with Crippen LogP contribution in [0.2, 0.25) is 0 Å². The van der Waals surface area contributed by atoms with E-state index in [0.717, 1.165) is 73.6 Å². The maximum absolute atomic E-state index is 12.5. The second-order valence-corrected chi connectivity index (χ2v) is 11.6. The number of nitrogens with zero attached hydrogens (tertiary/aromatic N) is 5. The Kier molecular flexibility index (Phi) is 5.06. The molecule has 0 saturated carbocycles. The summed E-state index contributed by atoms with van der Waals surface area (Å²) in [5, 5.41) is 8.62. The van der Waals surface area contributed by atoms with Gasteiger partial charge in [-0.2, -0.15) is 5.10 Å². The predicted molar refractivity (Wildman–Crippen MR) is 136 cm³/mol. The molecule has 1 spiro atoms. The molecule has 0 atom stereocenters. The van der Waals surface area contributed by atoms with E-state index >= 15 is 0 Å². The topological polar surface area (TPSA) is 87.2 Å². The first-order valence-electron chi connectivity index (χ1n) is 12.8. The molecular weight excluding hydrogens is 440 g/mol. The SMILES string of the molecule is Cc1ccc2cn[nH]c2c1-c1nc(N2CCC3(CN(C(=O)OC(C)(C)C)C3)C2)nc2c1CCCC2. The Morgan fingerprint density at radius 1 is 1.11 bits per heavy atom. The zero-order valence-electron chi connectivity index (χ0n) is 21.1. The summed E-state index contributed by atoms with van der Waals surface area (Å²) in [6.45, 7) is 11.1. The van der Waals surface area contributed by atoms with Gasteiger partial charge in [-0.15, -0.1) is 0 Å². The molecule has 1 N–H and O–H groups in total. The number of hydrogen-bond donors (Lipinski definition) is 1. The third kappa shape index (κ3) is 3.93. The highest BCUT2D eigenvalue weighted by Crippen LogP contribution is 2.42. The smallest absolute Gasteiger partial charge is 0.410 e. The Bertz CT molecular complexity index is 1300. The van der Waals surface area contributed by atoms with Gasteiger partial charge in [-0.1, -0.05) is 12.1 Å². The number of fused-ring (bicyclic) bond motifs is 2. The number of amides is 1. The second kappa shape index (κ2) is 7.93. The Morgan fingerprint density at radius 3 is 2.71 bits per heavy atom. The maximum Gasteiger partial charge on any atom is 0.410 e. The molecule has 4 heterocycles. The summed E-state index contributed by atoms with van der Waals surface area (Å²) in [5.74, 6) is 0.823. The summed E-state index contributed by atoms with van der Waals surface area (Å²) in [6.07, 6.45) is 7.07. The van der Waals surface area contributed by atoms with E-state index in [1.165, 1.54) is 29.7 Å². The van der Waals surface area contributed by atoms with Crippen LogP contribution in [0.3, 0.4) is 0 Å². The molecule has 6 rings (SSSR count). The van der Waals surface area contributed by atoms with Gasteiger partial charge < -0.3 is 14.5 Å². The van der Waals surface area contributed by atoms with Crippen molar-refractivity contribution in [1.82, 2.24) is 25.1 Å². The molecule has 2 fully saturated rings. The molecule has 3 aromatic rings. The summed E-state index contributed by atoms with van der Waals surface area (Å²) < 4.78 is 5.56. The van der Waals surface area contributed by atoms with Gasteiger partial charge in [0.05, 0.1) is 17.4 Å². The number of rotatable bonds is 2. The van der Waals surface area contributed by atoms with Crippen LogP contribution in [-0.2, 0) is 17.6 Å². The Balaban J connectivity index is 1.30. The van der Waals surface area contributed by atoms with Crippen LogP contribution in [-0.4, -0.2) is 62.9 Å². The van der Waals surface area contributed by atoms with Gasteiger partial charge >= 0.3 is 6.09 Å². The van der Waals surface area contributed by atoms with Gasteiger partial charge in [0.15, 0.2) is 0 Å². The lowest BCUT2D eigenvalue weighted by Crippen LogP contribution is -2.60. The van der Waals surface area contributed by atoms with Gasteiger partial charge in [-0.3, -0.25) is 5.10 Å². The monoisotopic (exact) mass is 474 g/mol. The number of ether oxygens (including phenoxy) is 1. The van der Waals surface area contributed by atoms with Gasteiger partial charge in [-0.05, 0) is 65.4 Å². The molecule has 35 heavy (non-hydrogen) atoms. The van der Waals surface area contributed by atoms with Gasteiger partial charge in [0.2, 0.25) is 5.95 Å². The van der Waals surface area contributed by atoms with E-state index in [-0.39, 0.29) is 11.5 Å². The highest BCUT2D eigenvalue weighted by molar-refractivity contribution is 5.95. The van der Waals surface area contributed by atoms with Crippen LogP contribution >= 0.6 is 0 Å². The second-order valence-electron chi connectivity index (χ2n) is 11.6. The minimum atomic E-state index is -0.468. The molecule has 2 aliphatic heterocycles. The third-order valence-corrected chi connectivity index (χ3v) is 7.66. The summed E-state index contributed by atoms with van der Waals surface area (Å²) in [4.78, 5) is 26.9. The highest BCUT2D eigenvalue weighted by Gasteiger charge is 2.51. The lowest BCUT2D eigenvalue weighted by atomic mass is 9.79. The first kappa shape index (κ1) is 22.3. The zero-order valence-corrected chi connectivity index (χ0v) is 21.1. The van der Waals surface area contributed by atoms with Crippen LogP contribution in [0.4, 0.5) is 10.7 Å². The van der Waals surface area contributed by atoms with Crippen molar-refractivity contribution in [2.75, 3.05) is 31.1 Å². The third-order valence-electron chi connectivity index (χ3n) is 7.66.